The highest BCUT2D eigenvalue weighted by atomic mass is 32.7. The van der Waals surface area contributed by atoms with Crippen molar-refractivity contribution in [2.24, 2.45) is 0 Å². The first-order valence-corrected chi connectivity index (χ1v) is 17.7. The third kappa shape index (κ3) is 5.50. The number of imidazole rings is 2. The standard InChI is InChI=1S/C21H26FN11O10P2S/c1-38-13-8-3-39-44(35,36)31-10-7(41-19(9(10)22)32-5-27-11-15(23)25-4-26-16(11)32)2-40-45(37,46)43-14(13)20(42-8)33-6-28-12-17(33)29-21(24)30-18(12)34/h4-10,13-14,19-20H,2-3H2,1H3,(H,37,46)(H2,23,25,26)(H2,31,35,36)(H3,24,29,30,34)/t7?,8?,9?,10?,13?,14?,19?,20?,45-/m0/s1. The van der Waals surface area contributed by atoms with Crippen LogP contribution in [0.15, 0.2) is 23.8 Å². The molecule has 4 aromatic rings. The molecule has 0 saturated carbocycles. The van der Waals surface area contributed by atoms with Gasteiger partial charge in [0.2, 0.25) is 5.95 Å². The Balaban J connectivity index is 1.22. The quantitative estimate of drug-likeness (QED) is 0.119. The van der Waals surface area contributed by atoms with E-state index in [1.807, 2.05) is 0 Å². The number of hydrogen-bond acceptors (Lipinski definition) is 16. The second-order valence-electron chi connectivity index (χ2n) is 10.4. The van der Waals surface area contributed by atoms with Crippen molar-refractivity contribution in [1.82, 2.24) is 44.1 Å². The minimum atomic E-state index is -4.81. The van der Waals surface area contributed by atoms with Gasteiger partial charge in [0, 0.05) is 7.11 Å². The number of nitrogens with two attached hydrogens (primary N) is 2. The molecule has 248 valence electrons. The van der Waals surface area contributed by atoms with Crippen LogP contribution in [0, 0.1) is 0 Å². The van der Waals surface area contributed by atoms with Gasteiger partial charge in [-0.3, -0.25) is 32.5 Å². The van der Waals surface area contributed by atoms with Crippen molar-refractivity contribution >= 4 is 60.9 Å². The van der Waals surface area contributed by atoms with Gasteiger partial charge < -0.3 is 30.6 Å². The first-order chi connectivity index (χ1) is 21.9. The second kappa shape index (κ2) is 11.6. The van der Waals surface area contributed by atoms with Crippen LogP contribution in [0.5, 0.6) is 0 Å². The number of aromatic amines is 1. The number of nitrogens with one attached hydrogen (secondary N) is 2. The summed E-state index contributed by atoms with van der Waals surface area (Å²) in [6, 6.07) is -1.54. The zero-order valence-corrected chi connectivity index (χ0v) is 26.1. The van der Waals surface area contributed by atoms with Gasteiger partial charge in [0.1, 0.15) is 36.3 Å². The summed E-state index contributed by atoms with van der Waals surface area (Å²) in [6.07, 6.45) is -6.03. The molecular weight excluding hydrogens is 679 g/mol. The summed E-state index contributed by atoms with van der Waals surface area (Å²) in [5.41, 5.74) is 11.2. The van der Waals surface area contributed by atoms with Crippen molar-refractivity contribution in [2.45, 2.75) is 49.1 Å². The molecule has 3 fully saturated rings. The van der Waals surface area contributed by atoms with Gasteiger partial charge in [-0.25, -0.2) is 38.5 Å². The van der Waals surface area contributed by atoms with Crippen molar-refractivity contribution in [3.63, 3.8) is 0 Å². The van der Waals surface area contributed by atoms with Gasteiger partial charge in [0.15, 0.2) is 41.3 Å². The molecule has 0 radical (unpaired) electrons. The van der Waals surface area contributed by atoms with E-state index in [0.717, 1.165) is 6.33 Å². The maximum absolute atomic E-state index is 16.1. The number of ether oxygens (including phenoxy) is 3. The highest BCUT2D eigenvalue weighted by Gasteiger charge is 2.54. The van der Waals surface area contributed by atoms with E-state index in [9.17, 15) is 18.8 Å². The molecule has 7 N–H and O–H groups in total. The number of anilines is 2. The van der Waals surface area contributed by atoms with Crippen molar-refractivity contribution in [2.75, 3.05) is 31.8 Å². The Kier molecular flexibility index (Phi) is 7.92. The Bertz CT molecular complexity index is 1960. The zero-order valence-electron chi connectivity index (χ0n) is 23.4. The lowest BCUT2D eigenvalue weighted by Crippen LogP contribution is -2.43. The molecule has 0 aliphatic carbocycles. The van der Waals surface area contributed by atoms with Crippen LogP contribution in [0.2, 0.25) is 0 Å². The Labute approximate surface area is 261 Å². The predicted molar refractivity (Wildman–Crippen MR) is 156 cm³/mol. The molecule has 7 heterocycles. The molecule has 21 nitrogen and oxygen atoms in total. The summed E-state index contributed by atoms with van der Waals surface area (Å²) in [5.74, 6) is -0.174. The van der Waals surface area contributed by atoms with E-state index in [1.54, 1.807) is 0 Å². The summed E-state index contributed by atoms with van der Waals surface area (Å²) >= 11 is 4.12. The van der Waals surface area contributed by atoms with Gasteiger partial charge in [0.25, 0.3) is 5.56 Å². The average molecular weight is 706 g/mol. The number of aromatic nitrogens is 8. The monoisotopic (exact) mass is 705 g/mol. The third-order valence-corrected chi connectivity index (χ3v) is 10.4. The molecule has 0 aromatic carbocycles. The third-order valence-electron chi connectivity index (χ3n) is 7.66. The van der Waals surface area contributed by atoms with E-state index in [2.05, 4.69) is 47.2 Å². The van der Waals surface area contributed by atoms with Crippen molar-refractivity contribution in [3.05, 3.63) is 29.3 Å². The summed E-state index contributed by atoms with van der Waals surface area (Å²) in [5, 5.41) is 2.28. The lowest BCUT2D eigenvalue weighted by Gasteiger charge is -2.27. The minimum Gasteiger partial charge on any atom is -0.382 e. The summed E-state index contributed by atoms with van der Waals surface area (Å²) in [6.45, 7) is -5.60. The molecule has 0 amide bonds. The van der Waals surface area contributed by atoms with Gasteiger partial charge in [-0.1, -0.05) is 12.2 Å². The molecule has 3 aliphatic rings. The van der Waals surface area contributed by atoms with Crippen molar-refractivity contribution in [1.29, 1.82) is 0 Å². The number of alkyl halides is 1. The Morgan fingerprint density at radius 2 is 1.74 bits per heavy atom. The smallest absolute Gasteiger partial charge is 0.382 e. The van der Waals surface area contributed by atoms with E-state index < -0.39 is 82.4 Å². The first-order valence-electron chi connectivity index (χ1n) is 13.4. The number of fused-ring (bicyclic) bond motifs is 5. The topological polar surface area (TPSA) is 281 Å². The average Bonchev–Trinajstić information content (AvgIpc) is 3.75. The van der Waals surface area contributed by atoms with E-state index in [0.29, 0.717) is 0 Å². The van der Waals surface area contributed by atoms with Crippen LogP contribution in [-0.4, -0.2) is 101 Å². The molecule has 2 bridgehead atoms. The number of halogens is 1. The van der Waals surface area contributed by atoms with Gasteiger partial charge in [-0.05, 0) is 0 Å². The highest BCUT2D eigenvalue weighted by Crippen LogP contribution is 2.58. The van der Waals surface area contributed by atoms with Gasteiger partial charge in [0.05, 0.1) is 31.9 Å². The molecule has 10 atom stereocenters. The van der Waals surface area contributed by atoms with Crippen LogP contribution in [0.25, 0.3) is 22.3 Å². The summed E-state index contributed by atoms with van der Waals surface area (Å²) in [7, 11) is -3.52. The van der Waals surface area contributed by atoms with Gasteiger partial charge in [-0.15, -0.1) is 0 Å². The minimum absolute atomic E-state index is 0.0110. The molecule has 3 aliphatic heterocycles. The first kappa shape index (κ1) is 31.5. The van der Waals surface area contributed by atoms with Crippen molar-refractivity contribution < 1.29 is 46.2 Å². The predicted octanol–water partition coefficient (Wildman–Crippen LogP) is -0.200. The van der Waals surface area contributed by atoms with Gasteiger partial charge in [-0.2, -0.15) is 4.98 Å². The molecule has 0 spiro atoms. The fourth-order valence-electron chi connectivity index (χ4n) is 5.64. The number of nitrogen functional groups attached to an aromatic ring is 2. The number of nitrogens with zero attached hydrogens (tertiary/aromatic N) is 7. The van der Waals surface area contributed by atoms with Crippen LogP contribution in [0.1, 0.15) is 12.5 Å². The normalized spacial score (nSPS) is 37.1. The maximum Gasteiger partial charge on any atom is 0.403 e. The Morgan fingerprint density at radius 1 is 1.04 bits per heavy atom. The fraction of sp³-hybridized carbons (Fsp3) is 0.524. The van der Waals surface area contributed by atoms with Gasteiger partial charge >= 0.3 is 14.5 Å². The number of rotatable bonds is 3. The van der Waals surface area contributed by atoms with E-state index >= 15 is 4.39 Å². The van der Waals surface area contributed by atoms with Crippen LogP contribution in [0.3, 0.4) is 0 Å². The molecule has 46 heavy (non-hydrogen) atoms. The highest BCUT2D eigenvalue weighted by molar-refractivity contribution is 8.44. The molecule has 25 heteroatoms. The lowest BCUT2D eigenvalue weighted by atomic mass is 10.1. The number of H-pyrrole nitrogens is 1. The van der Waals surface area contributed by atoms with Crippen LogP contribution >= 0.6 is 26.8 Å². The van der Waals surface area contributed by atoms with Crippen LogP contribution < -0.4 is 22.1 Å². The largest absolute Gasteiger partial charge is 0.403 e. The number of thiol groups is 1. The molecule has 7 rings (SSSR count). The summed E-state index contributed by atoms with van der Waals surface area (Å²) < 4.78 is 79.7. The maximum atomic E-state index is 16.1. The molecule has 4 aromatic heterocycles. The number of hydrogen-bond donors (Lipinski definition) is 6. The molecule has 3 saturated heterocycles. The van der Waals surface area contributed by atoms with E-state index in [-0.39, 0.29) is 34.1 Å². The SMILES string of the molecule is COC1C2COP(=O)(O)NC3C(CO[P@](=O)(S)OC1C(n1cnc4c(=O)[nH]c(N)nc41)O2)OC(n1cnc2c(N)ncnc21)C3F. The fourth-order valence-corrected chi connectivity index (χ4v) is 8.20. The zero-order chi connectivity index (χ0) is 32.5. The Morgan fingerprint density at radius 3 is 2.50 bits per heavy atom. The molecule has 9 unspecified atom stereocenters. The van der Waals surface area contributed by atoms with E-state index in [1.165, 1.54) is 28.9 Å². The van der Waals surface area contributed by atoms with Crippen LogP contribution in [0.4, 0.5) is 16.2 Å². The second-order valence-corrected chi connectivity index (χ2v) is 14.9. The Hall–Kier alpha value is -3.08. The van der Waals surface area contributed by atoms with E-state index in [4.69, 9.17) is 39.2 Å². The van der Waals surface area contributed by atoms with Crippen molar-refractivity contribution in [3.8, 4) is 0 Å². The lowest BCUT2D eigenvalue weighted by molar-refractivity contribution is -0.0522. The van der Waals surface area contributed by atoms with Crippen LogP contribution in [-0.2, 0) is 36.9 Å². The summed E-state index contributed by atoms with van der Waals surface area (Å²) in [4.78, 5) is 45.7. The molecular formula is C21H26FN11O10P2S. The number of methoxy groups -OCH3 is 1.